The number of likely N-dealkylation sites (tertiary alicyclic amines) is 1. The van der Waals surface area contributed by atoms with Gasteiger partial charge in [0.15, 0.2) is 5.96 Å². The fraction of sp³-hybridized carbons (Fsp3) is 0.611. The Morgan fingerprint density at radius 2 is 2.00 bits per heavy atom. The Labute approximate surface area is 144 Å². The van der Waals surface area contributed by atoms with Gasteiger partial charge >= 0.3 is 0 Å². The third-order valence-corrected chi connectivity index (χ3v) is 4.71. The van der Waals surface area contributed by atoms with Crippen LogP contribution in [0.15, 0.2) is 29.3 Å². The summed E-state index contributed by atoms with van der Waals surface area (Å²) in [6.07, 6.45) is 1.18. The van der Waals surface area contributed by atoms with Crippen molar-refractivity contribution in [2.24, 2.45) is 4.99 Å². The SMILES string of the molecule is CCNC(=NCc1ccc(O)cc1)N1CCC(N2CCOCC2)C1. The minimum Gasteiger partial charge on any atom is -0.508 e. The van der Waals surface area contributed by atoms with Gasteiger partial charge in [-0.3, -0.25) is 4.90 Å². The summed E-state index contributed by atoms with van der Waals surface area (Å²) in [7, 11) is 0. The van der Waals surface area contributed by atoms with Gasteiger partial charge < -0.3 is 20.1 Å². The van der Waals surface area contributed by atoms with E-state index in [1.165, 1.54) is 6.42 Å². The highest BCUT2D eigenvalue weighted by molar-refractivity contribution is 5.80. The lowest BCUT2D eigenvalue weighted by Gasteiger charge is -2.32. The number of guanidine groups is 1. The summed E-state index contributed by atoms with van der Waals surface area (Å²) in [6.45, 7) is 9.46. The fourth-order valence-electron chi connectivity index (χ4n) is 3.37. The van der Waals surface area contributed by atoms with Crippen LogP contribution in [0, 0.1) is 0 Å². The van der Waals surface area contributed by atoms with Gasteiger partial charge in [0.1, 0.15) is 5.75 Å². The van der Waals surface area contributed by atoms with E-state index >= 15 is 0 Å². The molecule has 0 amide bonds. The molecule has 1 aromatic carbocycles. The number of phenols is 1. The number of benzene rings is 1. The van der Waals surface area contributed by atoms with Crippen LogP contribution in [0.25, 0.3) is 0 Å². The Bertz CT molecular complexity index is 540. The quantitative estimate of drug-likeness (QED) is 0.642. The molecule has 0 saturated carbocycles. The number of nitrogens with zero attached hydrogens (tertiary/aromatic N) is 3. The van der Waals surface area contributed by atoms with Gasteiger partial charge in [0.05, 0.1) is 19.8 Å². The second-order valence-electron chi connectivity index (χ2n) is 6.37. The van der Waals surface area contributed by atoms with E-state index in [0.717, 1.165) is 57.5 Å². The topological polar surface area (TPSA) is 60.3 Å². The van der Waals surface area contributed by atoms with E-state index in [1.807, 2.05) is 12.1 Å². The van der Waals surface area contributed by atoms with E-state index in [1.54, 1.807) is 12.1 Å². The van der Waals surface area contributed by atoms with Gasteiger partial charge in [0.2, 0.25) is 0 Å². The molecule has 0 radical (unpaired) electrons. The Hall–Kier alpha value is -1.79. The van der Waals surface area contributed by atoms with Crippen molar-refractivity contribution in [3.8, 4) is 5.75 Å². The minimum atomic E-state index is 0.294. The molecule has 6 heteroatoms. The number of hydrogen-bond donors (Lipinski definition) is 2. The molecule has 0 spiro atoms. The van der Waals surface area contributed by atoms with E-state index in [4.69, 9.17) is 9.73 Å². The molecule has 3 rings (SSSR count). The standard InChI is InChI=1S/C18H28N4O2/c1-2-19-18(20-13-15-3-5-17(23)6-4-15)22-8-7-16(14-22)21-9-11-24-12-10-21/h3-6,16,23H,2,7-14H2,1H3,(H,19,20). The van der Waals surface area contributed by atoms with Crippen LogP contribution in [-0.2, 0) is 11.3 Å². The highest BCUT2D eigenvalue weighted by atomic mass is 16.5. The molecule has 132 valence electrons. The fourth-order valence-corrected chi connectivity index (χ4v) is 3.37. The van der Waals surface area contributed by atoms with Crippen molar-refractivity contribution in [3.05, 3.63) is 29.8 Å². The molecule has 2 heterocycles. The first-order valence-electron chi connectivity index (χ1n) is 8.89. The monoisotopic (exact) mass is 332 g/mol. The molecule has 1 unspecified atom stereocenters. The molecule has 24 heavy (non-hydrogen) atoms. The first kappa shape index (κ1) is 17.0. The zero-order valence-corrected chi connectivity index (χ0v) is 14.4. The smallest absolute Gasteiger partial charge is 0.194 e. The third-order valence-electron chi connectivity index (χ3n) is 4.71. The number of morpholine rings is 1. The molecule has 0 aromatic heterocycles. The number of aromatic hydroxyl groups is 1. The first-order valence-corrected chi connectivity index (χ1v) is 8.89. The summed E-state index contributed by atoms with van der Waals surface area (Å²) in [5.41, 5.74) is 1.10. The molecular weight excluding hydrogens is 304 g/mol. The van der Waals surface area contributed by atoms with Crippen LogP contribution in [0.4, 0.5) is 0 Å². The number of hydrogen-bond acceptors (Lipinski definition) is 4. The third kappa shape index (κ3) is 4.39. The molecule has 1 aromatic rings. The molecule has 2 N–H and O–H groups in total. The normalized spacial score (nSPS) is 22.8. The van der Waals surface area contributed by atoms with Crippen LogP contribution < -0.4 is 5.32 Å². The van der Waals surface area contributed by atoms with Crippen LogP contribution >= 0.6 is 0 Å². The number of phenolic OH excluding ortho intramolecular Hbond substituents is 1. The van der Waals surface area contributed by atoms with Crippen LogP contribution in [0.2, 0.25) is 0 Å². The molecular formula is C18H28N4O2. The Morgan fingerprint density at radius 1 is 1.25 bits per heavy atom. The van der Waals surface area contributed by atoms with Crippen LogP contribution in [0.5, 0.6) is 5.75 Å². The molecule has 2 aliphatic rings. The van der Waals surface area contributed by atoms with E-state index in [-0.39, 0.29) is 0 Å². The summed E-state index contributed by atoms with van der Waals surface area (Å²) in [6, 6.07) is 7.86. The summed E-state index contributed by atoms with van der Waals surface area (Å²) < 4.78 is 5.46. The predicted molar refractivity (Wildman–Crippen MR) is 95.3 cm³/mol. The van der Waals surface area contributed by atoms with E-state index < -0.39 is 0 Å². The maximum Gasteiger partial charge on any atom is 0.194 e. The summed E-state index contributed by atoms with van der Waals surface area (Å²) in [5.74, 6) is 1.28. The second kappa shape index (κ2) is 8.35. The van der Waals surface area contributed by atoms with Crippen molar-refractivity contribution in [3.63, 3.8) is 0 Å². The summed E-state index contributed by atoms with van der Waals surface area (Å²) in [4.78, 5) is 9.70. The highest BCUT2D eigenvalue weighted by Gasteiger charge is 2.30. The van der Waals surface area contributed by atoms with E-state index in [9.17, 15) is 5.11 Å². The number of rotatable bonds is 4. The average Bonchev–Trinajstić information content (AvgIpc) is 3.11. The van der Waals surface area contributed by atoms with Crippen molar-refractivity contribution < 1.29 is 9.84 Å². The van der Waals surface area contributed by atoms with Gasteiger partial charge in [-0.15, -0.1) is 0 Å². The second-order valence-corrected chi connectivity index (χ2v) is 6.37. The van der Waals surface area contributed by atoms with Gasteiger partial charge in [-0.25, -0.2) is 4.99 Å². The summed E-state index contributed by atoms with van der Waals surface area (Å²) in [5, 5.41) is 12.8. The van der Waals surface area contributed by atoms with Gasteiger partial charge in [-0.2, -0.15) is 0 Å². The number of nitrogens with one attached hydrogen (secondary N) is 1. The van der Waals surface area contributed by atoms with Crippen molar-refractivity contribution in [1.29, 1.82) is 0 Å². The zero-order chi connectivity index (χ0) is 16.8. The molecule has 6 nitrogen and oxygen atoms in total. The lowest BCUT2D eigenvalue weighted by molar-refractivity contribution is 0.0195. The van der Waals surface area contributed by atoms with Crippen molar-refractivity contribution in [2.45, 2.75) is 25.9 Å². The Morgan fingerprint density at radius 3 is 2.71 bits per heavy atom. The average molecular weight is 332 g/mol. The van der Waals surface area contributed by atoms with Crippen molar-refractivity contribution in [2.75, 3.05) is 45.9 Å². The molecule has 0 aliphatic carbocycles. The maximum atomic E-state index is 9.37. The van der Waals surface area contributed by atoms with E-state index in [0.29, 0.717) is 18.3 Å². The number of aliphatic imine (C=N–C) groups is 1. The lowest BCUT2D eigenvalue weighted by Crippen LogP contribution is -2.46. The Kier molecular flexibility index (Phi) is 5.93. The van der Waals surface area contributed by atoms with Crippen LogP contribution in [-0.4, -0.2) is 72.8 Å². The first-order chi connectivity index (χ1) is 11.8. The lowest BCUT2D eigenvalue weighted by atomic mass is 10.2. The molecule has 2 aliphatic heterocycles. The zero-order valence-electron chi connectivity index (χ0n) is 14.4. The maximum absolute atomic E-state index is 9.37. The molecule has 1 atom stereocenters. The number of ether oxygens (including phenoxy) is 1. The van der Waals surface area contributed by atoms with Gasteiger partial charge in [0, 0.05) is 38.8 Å². The molecule has 2 saturated heterocycles. The largest absolute Gasteiger partial charge is 0.508 e. The summed E-state index contributed by atoms with van der Waals surface area (Å²) >= 11 is 0. The van der Waals surface area contributed by atoms with Crippen LogP contribution in [0.1, 0.15) is 18.9 Å². The van der Waals surface area contributed by atoms with Gasteiger partial charge in [-0.1, -0.05) is 12.1 Å². The predicted octanol–water partition coefficient (Wildman–Crippen LogP) is 1.26. The molecule has 0 bridgehead atoms. The molecule has 2 fully saturated rings. The highest BCUT2D eigenvalue weighted by Crippen LogP contribution is 2.17. The minimum absolute atomic E-state index is 0.294. The van der Waals surface area contributed by atoms with Crippen molar-refractivity contribution in [1.82, 2.24) is 15.1 Å². The Balaban J connectivity index is 1.60. The van der Waals surface area contributed by atoms with Crippen LogP contribution in [0.3, 0.4) is 0 Å². The van der Waals surface area contributed by atoms with Gasteiger partial charge in [-0.05, 0) is 31.0 Å². The van der Waals surface area contributed by atoms with E-state index in [2.05, 4.69) is 22.0 Å². The van der Waals surface area contributed by atoms with Crippen molar-refractivity contribution >= 4 is 5.96 Å². The van der Waals surface area contributed by atoms with Gasteiger partial charge in [0.25, 0.3) is 0 Å².